The third-order valence-electron chi connectivity index (χ3n) is 8.40. The number of nitrogens with zero attached hydrogens (tertiary/aromatic N) is 5. The van der Waals surface area contributed by atoms with Gasteiger partial charge in [-0.15, -0.1) is 30.3 Å². The third kappa shape index (κ3) is 4.30. The molecule has 0 atom stereocenters. The van der Waals surface area contributed by atoms with Crippen molar-refractivity contribution in [2.45, 2.75) is 0 Å². The van der Waals surface area contributed by atoms with E-state index < -0.39 is 0 Å². The fourth-order valence-corrected chi connectivity index (χ4v) is 6.55. The maximum absolute atomic E-state index is 6.40. The number of hydrogen-bond donors (Lipinski definition) is 0. The number of aryl methyl sites for hydroxylation is 1. The molecule has 0 amide bonds. The number of ether oxygens (including phenoxy) is 1. The molecule has 2 aromatic heterocycles. The van der Waals surface area contributed by atoms with Gasteiger partial charge in [0.2, 0.25) is 6.33 Å². The number of benzene rings is 5. The Hall–Kier alpha value is -5.13. The van der Waals surface area contributed by atoms with Crippen LogP contribution in [0.15, 0.2) is 128 Å². The molecular weight excluding hydrogens is 736 g/mol. The van der Waals surface area contributed by atoms with Crippen LogP contribution in [0.3, 0.4) is 0 Å². The predicted molar refractivity (Wildman–Crippen MR) is 173 cm³/mol. The van der Waals surface area contributed by atoms with E-state index in [0.717, 1.165) is 39.6 Å². The number of rotatable bonds is 4. The van der Waals surface area contributed by atoms with E-state index in [0.29, 0.717) is 11.5 Å². The van der Waals surface area contributed by atoms with Gasteiger partial charge >= 0.3 is 6.98 Å². The second-order valence-corrected chi connectivity index (χ2v) is 10.9. The summed E-state index contributed by atoms with van der Waals surface area (Å²) < 4.78 is 10.4. The first-order chi connectivity index (χ1) is 21.7. The van der Waals surface area contributed by atoms with E-state index in [1.165, 1.54) is 16.6 Å². The molecule has 0 saturated heterocycles. The molecule has 5 aromatic carbocycles. The second kappa shape index (κ2) is 10.8. The van der Waals surface area contributed by atoms with Crippen LogP contribution in [-0.2, 0) is 28.1 Å². The van der Waals surface area contributed by atoms with Crippen molar-refractivity contribution in [3.63, 3.8) is 0 Å². The molecule has 0 aliphatic carbocycles. The van der Waals surface area contributed by atoms with Crippen molar-refractivity contribution in [1.29, 1.82) is 0 Å². The van der Waals surface area contributed by atoms with Gasteiger partial charge in [0.1, 0.15) is 5.82 Å². The van der Waals surface area contributed by atoms with Crippen LogP contribution < -0.4 is 24.4 Å². The molecule has 0 fully saturated rings. The zero-order valence-corrected chi connectivity index (χ0v) is 26.4. The molecule has 0 bridgehead atoms. The van der Waals surface area contributed by atoms with Crippen LogP contribution in [0.2, 0.25) is 0 Å². The summed E-state index contributed by atoms with van der Waals surface area (Å²) in [7, 11) is 2.00. The minimum Gasteiger partial charge on any atom is -0.510 e. The van der Waals surface area contributed by atoms with Gasteiger partial charge in [0.05, 0.1) is 23.8 Å². The van der Waals surface area contributed by atoms with Crippen molar-refractivity contribution in [2.75, 3.05) is 9.62 Å². The van der Waals surface area contributed by atoms with Crippen molar-refractivity contribution in [1.82, 2.24) is 9.55 Å². The van der Waals surface area contributed by atoms with Crippen molar-refractivity contribution >= 4 is 46.4 Å². The number of imidazole rings is 1. The number of aromatic nitrogens is 3. The molecule has 4 heterocycles. The molecule has 218 valence electrons. The number of para-hydroxylation sites is 3. The average Bonchev–Trinajstić information content (AvgIpc) is 3.61. The first-order valence-corrected chi connectivity index (χ1v) is 14.6. The van der Waals surface area contributed by atoms with Gasteiger partial charge in [0, 0.05) is 50.0 Å². The smallest absolute Gasteiger partial charge is 0.420 e. The molecule has 45 heavy (non-hydrogen) atoms. The molecular formula is C37H24BN5OPt-2. The van der Waals surface area contributed by atoms with Gasteiger partial charge in [-0.2, -0.15) is 18.2 Å². The van der Waals surface area contributed by atoms with E-state index in [2.05, 4.69) is 101 Å². The first-order valence-electron chi connectivity index (χ1n) is 14.6. The molecule has 7 aromatic rings. The molecule has 2 aliphatic heterocycles. The summed E-state index contributed by atoms with van der Waals surface area (Å²) in [6.07, 6.45) is 5.23. The van der Waals surface area contributed by atoms with E-state index in [4.69, 9.17) is 9.72 Å². The van der Waals surface area contributed by atoms with Crippen LogP contribution in [0.1, 0.15) is 0 Å². The van der Waals surface area contributed by atoms with Gasteiger partial charge in [-0.3, -0.25) is 0 Å². The third-order valence-corrected chi connectivity index (χ3v) is 8.40. The fourth-order valence-electron chi connectivity index (χ4n) is 6.55. The Morgan fingerprint density at radius 3 is 2.22 bits per heavy atom. The van der Waals surface area contributed by atoms with Crippen molar-refractivity contribution in [2.24, 2.45) is 7.05 Å². The summed E-state index contributed by atoms with van der Waals surface area (Å²) in [6.45, 7) is -0.120. The molecule has 0 radical (unpaired) electrons. The summed E-state index contributed by atoms with van der Waals surface area (Å²) in [5.74, 6) is 2.08. The summed E-state index contributed by atoms with van der Waals surface area (Å²) >= 11 is 0. The van der Waals surface area contributed by atoms with Crippen molar-refractivity contribution in [3.05, 3.63) is 146 Å². The van der Waals surface area contributed by atoms with E-state index >= 15 is 0 Å². The van der Waals surface area contributed by atoms with Crippen LogP contribution in [-0.4, -0.2) is 16.5 Å². The van der Waals surface area contributed by atoms with Gasteiger partial charge in [-0.1, -0.05) is 78.1 Å². The Morgan fingerprint density at radius 2 is 1.36 bits per heavy atom. The Bertz CT molecular complexity index is 2230. The largest absolute Gasteiger partial charge is 0.510 e. The summed E-state index contributed by atoms with van der Waals surface area (Å²) in [4.78, 5) is 9.53. The summed E-state index contributed by atoms with van der Waals surface area (Å²) in [5, 5.41) is 0. The zero-order chi connectivity index (χ0) is 29.2. The Balaban J connectivity index is 0.00000300. The Morgan fingerprint density at radius 1 is 0.667 bits per heavy atom. The van der Waals surface area contributed by atoms with Crippen molar-refractivity contribution in [3.8, 4) is 28.3 Å². The molecule has 0 unspecified atom stereocenters. The molecule has 0 saturated carbocycles. The van der Waals surface area contributed by atoms with Crippen molar-refractivity contribution < 1.29 is 30.4 Å². The molecule has 9 rings (SSSR count). The molecule has 8 heteroatoms. The summed E-state index contributed by atoms with van der Waals surface area (Å²) in [5.41, 5.74) is 9.74. The summed E-state index contributed by atoms with van der Waals surface area (Å²) in [6, 6.07) is 48.5. The van der Waals surface area contributed by atoms with Gasteiger partial charge in [-0.05, 0) is 29.2 Å². The number of pyridine rings is 1. The second-order valence-electron chi connectivity index (χ2n) is 10.9. The molecule has 0 spiro atoms. The maximum Gasteiger partial charge on any atom is 0.420 e. The van der Waals surface area contributed by atoms with Gasteiger partial charge in [0.15, 0.2) is 0 Å². The fraction of sp³-hybridized carbons (Fsp3) is 0.0270. The molecule has 6 nitrogen and oxygen atoms in total. The predicted octanol–water partition coefficient (Wildman–Crippen LogP) is 6.71. The van der Waals surface area contributed by atoms with Gasteiger partial charge < -0.3 is 23.5 Å². The topological polar surface area (TPSA) is 37.4 Å². The number of hydrogen-bond acceptors (Lipinski definition) is 4. The van der Waals surface area contributed by atoms with E-state index in [-0.39, 0.29) is 28.0 Å². The molecule has 2 aliphatic rings. The minimum absolute atomic E-state index is 0. The van der Waals surface area contributed by atoms with E-state index in [1.54, 1.807) is 0 Å². The van der Waals surface area contributed by atoms with Crippen LogP contribution in [0.5, 0.6) is 11.5 Å². The monoisotopic (exact) mass is 760 g/mol. The normalized spacial score (nSPS) is 12.7. The van der Waals surface area contributed by atoms with Gasteiger partial charge in [-0.25, -0.2) is 4.98 Å². The van der Waals surface area contributed by atoms with Crippen LogP contribution in [0.4, 0.5) is 22.9 Å². The first kappa shape index (κ1) is 27.4. The standard InChI is InChI=1S/C37H24BN5O.Pt/c1-40-25-41(35-20-7-6-19-34(35)40)26-11-8-13-28(23-26)44-29-14-9-12-27(24-29)42-37-36(21-10-22-39-37)43-33-18-5-3-16-31(33)30-15-2-4-17-32(30)38(42)43;/h2-22H,1H3;/q-2;. The quantitative estimate of drug-likeness (QED) is 0.114. The van der Waals surface area contributed by atoms with E-state index in [1.807, 2.05) is 70.9 Å². The Labute approximate surface area is 276 Å². The minimum atomic E-state index is -0.120. The number of anilines is 4. The van der Waals surface area contributed by atoms with Crippen LogP contribution in [0, 0.1) is 18.5 Å². The SMILES string of the molecule is C[n+]1[c-]n(-c2[c-]c(Oc3[c-]c(N4B5c6ccccc6-c6ccccc6N5c5cccnc54)ccc3)ccc2)c2ccccc21.[Pt]. The van der Waals surface area contributed by atoms with E-state index in [9.17, 15) is 0 Å². The Kier molecular flexibility index (Phi) is 6.58. The van der Waals surface area contributed by atoms with Crippen LogP contribution in [0.25, 0.3) is 27.8 Å². The number of fused-ring (bicyclic) bond motifs is 9. The maximum atomic E-state index is 6.40. The average molecular weight is 761 g/mol. The molecule has 0 N–H and O–H groups in total. The van der Waals surface area contributed by atoms with Gasteiger partial charge in [0.25, 0.3) is 0 Å². The zero-order valence-electron chi connectivity index (χ0n) is 24.2. The van der Waals surface area contributed by atoms with Crippen LogP contribution >= 0.6 is 0 Å².